The molecular formula is C20H23BrF4N4O. The summed E-state index contributed by atoms with van der Waals surface area (Å²) in [5.41, 5.74) is 0.294. The zero-order valence-corrected chi connectivity index (χ0v) is 18.5. The highest BCUT2D eigenvalue weighted by Gasteiger charge is 2.40. The van der Waals surface area contributed by atoms with Crippen LogP contribution >= 0.6 is 15.9 Å². The van der Waals surface area contributed by atoms with Crippen LogP contribution < -0.4 is 0 Å². The Kier molecular flexibility index (Phi) is 6.29. The molecule has 1 aliphatic rings. The smallest absolute Gasteiger partial charge is 0.339 e. The van der Waals surface area contributed by atoms with Crippen molar-refractivity contribution in [3.05, 3.63) is 40.5 Å². The van der Waals surface area contributed by atoms with Crippen molar-refractivity contribution in [2.75, 3.05) is 26.2 Å². The molecule has 1 fully saturated rings. The maximum Gasteiger partial charge on any atom is 0.449 e. The average Bonchev–Trinajstić information content (AvgIpc) is 2.98. The molecule has 5 nitrogen and oxygen atoms in total. The van der Waals surface area contributed by atoms with Gasteiger partial charge >= 0.3 is 6.18 Å². The van der Waals surface area contributed by atoms with Crippen LogP contribution in [0.15, 0.2) is 28.9 Å². The van der Waals surface area contributed by atoms with Gasteiger partial charge in [-0.2, -0.15) is 13.2 Å². The molecule has 0 atom stereocenters. The summed E-state index contributed by atoms with van der Waals surface area (Å²) in [5, 5.41) is 0. The number of amides is 1. The van der Waals surface area contributed by atoms with Gasteiger partial charge in [-0.15, -0.1) is 0 Å². The highest BCUT2D eigenvalue weighted by molar-refractivity contribution is 9.10. The minimum Gasteiger partial charge on any atom is -0.339 e. The first-order valence-electron chi connectivity index (χ1n) is 9.50. The van der Waals surface area contributed by atoms with Gasteiger partial charge in [-0.05, 0) is 61.0 Å². The van der Waals surface area contributed by atoms with Gasteiger partial charge in [0.25, 0.3) is 0 Å². The van der Waals surface area contributed by atoms with Crippen molar-refractivity contribution >= 4 is 21.8 Å². The lowest BCUT2D eigenvalue weighted by atomic mass is 10.0. The first-order valence-corrected chi connectivity index (χ1v) is 10.3. The van der Waals surface area contributed by atoms with Gasteiger partial charge in [0, 0.05) is 37.3 Å². The van der Waals surface area contributed by atoms with Crippen LogP contribution in [0.2, 0.25) is 0 Å². The zero-order chi connectivity index (χ0) is 22.3. The minimum atomic E-state index is -4.74. The normalized spacial score (nSPS) is 16.2. The molecule has 2 heterocycles. The predicted octanol–water partition coefficient (Wildman–Crippen LogP) is 4.41. The molecule has 3 rings (SSSR count). The van der Waals surface area contributed by atoms with Gasteiger partial charge < -0.3 is 9.47 Å². The minimum absolute atomic E-state index is 0.00711. The maximum atomic E-state index is 13.6. The number of rotatable bonds is 3. The predicted molar refractivity (Wildman–Crippen MR) is 108 cm³/mol. The standard InChI is InChI=1S/C20H23BrF4N4O/c1-19(2,3)28-10-8-27(9-11-28)15(30)12-29-17(21)16(26-18(29)20(23,24)25)13-4-6-14(22)7-5-13/h4-7H,8-12H2,1-3H3. The van der Waals surface area contributed by atoms with Gasteiger partial charge in [0.15, 0.2) is 0 Å². The van der Waals surface area contributed by atoms with E-state index in [-0.39, 0.29) is 15.8 Å². The maximum absolute atomic E-state index is 13.6. The van der Waals surface area contributed by atoms with Crippen LogP contribution in [0, 0.1) is 5.82 Å². The van der Waals surface area contributed by atoms with Crippen LogP contribution in [0.25, 0.3) is 11.3 Å². The Balaban J connectivity index is 1.85. The van der Waals surface area contributed by atoms with Crippen molar-refractivity contribution in [3.63, 3.8) is 0 Å². The fraction of sp³-hybridized carbons (Fsp3) is 0.500. The van der Waals surface area contributed by atoms with E-state index in [1.165, 1.54) is 12.1 Å². The summed E-state index contributed by atoms with van der Waals surface area (Å²) < 4.78 is 54.8. The van der Waals surface area contributed by atoms with E-state index < -0.39 is 30.3 Å². The van der Waals surface area contributed by atoms with Crippen molar-refractivity contribution in [2.45, 2.75) is 39.0 Å². The first kappa shape index (κ1) is 22.7. The molecule has 1 amide bonds. The van der Waals surface area contributed by atoms with Gasteiger partial charge in [0.2, 0.25) is 11.7 Å². The molecule has 0 radical (unpaired) electrons. The molecule has 0 bridgehead atoms. The summed E-state index contributed by atoms with van der Waals surface area (Å²) in [7, 11) is 0. The molecule has 30 heavy (non-hydrogen) atoms. The molecule has 1 aromatic carbocycles. The molecule has 1 aromatic heterocycles. The highest BCUT2D eigenvalue weighted by Crippen LogP contribution is 2.36. The Morgan fingerprint density at radius 1 is 1.07 bits per heavy atom. The highest BCUT2D eigenvalue weighted by atomic mass is 79.9. The molecule has 2 aromatic rings. The van der Waals surface area contributed by atoms with Crippen LogP contribution in [0.1, 0.15) is 26.6 Å². The second-order valence-electron chi connectivity index (χ2n) is 8.20. The third kappa shape index (κ3) is 4.85. The summed E-state index contributed by atoms with van der Waals surface area (Å²) in [6.45, 7) is 7.99. The van der Waals surface area contributed by atoms with Crippen LogP contribution in [0.5, 0.6) is 0 Å². The summed E-state index contributed by atoms with van der Waals surface area (Å²) in [6, 6.07) is 4.99. The lowest BCUT2D eigenvalue weighted by molar-refractivity contribution is -0.148. The van der Waals surface area contributed by atoms with Crippen molar-refractivity contribution < 1.29 is 22.4 Å². The van der Waals surface area contributed by atoms with Gasteiger partial charge in [-0.1, -0.05) is 0 Å². The van der Waals surface area contributed by atoms with Crippen LogP contribution in [-0.4, -0.2) is 57.0 Å². The number of nitrogens with zero attached hydrogens (tertiary/aromatic N) is 4. The van der Waals surface area contributed by atoms with E-state index >= 15 is 0 Å². The molecule has 164 valence electrons. The number of alkyl halides is 3. The largest absolute Gasteiger partial charge is 0.449 e. The van der Waals surface area contributed by atoms with E-state index in [0.29, 0.717) is 31.7 Å². The molecule has 0 aliphatic carbocycles. The molecular weight excluding hydrogens is 468 g/mol. The Morgan fingerprint density at radius 3 is 2.13 bits per heavy atom. The Bertz CT molecular complexity index is 911. The number of piperazine rings is 1. The van der Waals surface area contributed by atoms with Gasteiger partial charge in [0.1, 0.15) is 22.7 Å². The Hall–Kier alpha value is -1.94. The van der Waals surface area contributed by atoms with Gasteiger partial charge in [-0.25, -0.2) is 9.37 Å². The first-order chi connectivity index (χ1) is 13.9. The molecule has 0 N–H and O–H groups in total. The summed E-state index contributed by atoms with van der Waals surface area (Å²) in [4.78, 5) is 20.3. The SMILES string of the molecule is CC(C)(C)N1CCN(C(=O)Cn2c(C(F)(F)F)nc(-c3ccc(F)cc3)c2Br)CC1. The van der Waals surface area contributed by atoms with Gasteiger partial charge in [0.05, 0.1) is 0 Å². The summed E-state index contributed by atoms with van der Waals surface area (Å²) in [5.74, 6) is -2.08. The van der Waals surface area contributed by atoms with Crippen molar-refractivity contribution in [1.29, 1.82) is 0 Å². The molecule has 0 unspecified atom stereocenters. The van der Waals surface area contributed by atoms with E-state index in [1.807, 2.05) is 0 Å². The molecule has 10 heteroatoms. The Morgan fingerprint density at radius 2 is 1.63 bits per heavy atom. The molecule has 1 saturated heterocycles. The van der Waals surface area contributed by atoms with Crippen LogP contribution in [0.3, 0.4) is 0 Å². The zero-order valence-electron chi connectivity index (χ0n) is 16.9. The third-order valence-electron chi connectivity index (χ3n) is 5.15. The summed E-state index contributed by atoms with van der Waals surface area (Å²) in [6.07, 6.45) is -4.74. The van der Waals surface area contributed by atoms with E-state index in [2.05, 4.69) is 46.6 Å². The topological polar surface area (TPSA) is 41.4 Å². The van der Waals surface area contributed by atoms with E-state index in [9.17, 15) is 22.4 Å². The quantitative estimate of drug-likeness (QED) is 0.598. The average molecular weight is 491 g/mol. The number of benzene rings is 1. The monoisotopic (exact) mass is 490 g/mol. The molecule has 0 saturated carbocycles. The second-order valence-corrected chi connectivity index (χ2v) is 8.96. The van der Waals surface area contributed by atoms with E-state index in [1.54, 1.807) is 4.90 Å². The van der Waals surface area contributed by atoms with Crippen molar-refractivity contribution in [2.24, 2.45) is 0 Å². The van der Waals surface area contributed by atoms with Crippen LogP contribution in [-0.2, 0) is 17.5 Å². The van der Waals surface area contributed by atoms with Crippen LogP contribution in [0.4, 0.5) is 17.6 Å². The van der Waals surface area contributed by atoms with E-state index in [0.717, 1.165) is 16.7 Å². The second kappa shape index (κ2) is 8.30. The number of imidazole rings is 1. The number of carbonyl (C=O) groups is 1. The lowest BCUT2D eigenvalue weighted by Gasteiger charge is -2.42. The Labute approximate surface area is 180 Å². The number of aromatic nitrogens is 2. The van der Waals surface area contributed by atoms with E-state index in [4.69, 9.17) is 0 Å². The third-order valence-corrected chi connectivity index (χ3v) is 5.96. The van der Waals surface area contributed by atoms with Crippen molar-refractivity contribution in [1.82, 2.24) is 19.4 Å². The number of halogens is 5. The number of hydrogen-bond acceptors (Lipinski definition) is 3. The van der Waals surface area contributed by atoms with Crippen molar-refractivity contribution in [3.8, 4) is 11.3 Å². The summed E-state index contributed by atoms with van der Waals surface area (Å²) >= 11 is 3.17. The number of hydrogen-bond donors (Lipinski definition) is 0. The fourth-order valence-electron chi connectivity index (χ4n) is 3.45. The van der Waals surface area contributed by atoms with Gasteiger partial charge in [-0.3, -0.25) is 9.69 Å². The molecule has 1 aliphatic heterocycles. The number of carbonyl (C=O) groups excluding carboxylic acids is 1. The lowest BCUT2D eigenvalue weighted by Crippen LogP contribution is -2.55. The fourth-order valence-corrected chi connectivity index (χ4v) is 4.06. The molecule has 0 spiro atoms.